The third kappa shape index (κ3) is 4.03. The molecule has 1 aromatic heterocycles. The predicted molar refractivity (Wildman–Crippen MR) is 100 cm³/mol. The van der Waals surface area contributed by atoms with E-state index in [2.05, 4.69) is 15.5 Å². The van der Waals surface area contributed by atoms with Gasteiger partial charge in [-0.1, -0.05) is 53.0 Å². The highest BCUT2D eigenvalue weighted by atomic mass is 35.5. The van der Waals surface area contributed by atoms with Crippen LogP contribution in [0, 0.1) is 0 Å². The quantitative estimate of drug-likeness (QED) is 0.430. The lowest BCUT2D eigenvalue weighted by Gasteiger charge is -2.00. The molecule has 0 radical (unpaired) electrons. The van der Waals surface area contributed by atoms with E-state index in [1.54, 1.807) is 24.4 Å². The molecule has 0 saturated carbocycles. The number of nitrogens with zero attached hydrogens (tertiary/aromatic N) is 2. The average Bonchev–Trinajstić information content (AvgIpc) is 3.00. The molecule has 2 aromatic carbocycles. The van der Waals surface area contributed by atoms with Gasteiger partial charge in [0.2, 0.25) is 5.13 Å². The van der Waals surface area contributed by atoms with Gasteiger partial charge in [0.25, 0.3) is 0 Å². The van der Waals surface area contributed by atoms with Gasteiger partial charge in [0.05, 0.1) is 22.0 Å². The van der Waals surface area contributed by atoms with Gasteiger partial charge < -0.3 is 0 Å². The van der Waals surface area contributed by atoms with Crippen LogP contribution in [-0.2, 0) is 0 Å². The number of aromatic nitrogens is 1. The monoisotopic (exact) mass is 381 g/mol. The molecule has 0 aliphatic heterocycles. The minimum Gasteiger partial charge on any atom is -0.253 e. The summed E-state index contributed by atoms with van der Waals surface area (Å²) in [5.74, 6) is 0. The third-order valence-corrected chi connectivity index (χ3v) is 4.66. The Labute approximate surface area is 152 Å². The molecule has 116 valence electrons. The second-order valence-corrected chi connectivity index (χ2v) is 6.66. The lowest BCUT2D eigenvalue weighted by Crippen LogP contribution is -1.91. The molecule has 0 spiro atoms. The molecule has 1 heterocycles. The summed E-state index contributed by atoms with van der Waals surface area (Å²) in [5, 5.41) is 8.55. The number of hydrazone groups is 1. The summed E-state index contributed by atoms with van der Waals surface area (Å²) >= 11 is 19.5. The van der Waals surface area contributed by atoms with Gasteiger partial charge in [-0.05, 0) is 24.3 Å². The topological polar surface area (TPSA) is 37.3 Å². The largest absolute Gasteiger partial charge is 0.253 e. The van der Waals surface area contributed by atoms with Gasteiger partial charge in [0, 0.05) is 21.5 Å². The van der Waals surface area contributed by atoms with Gasteiger partial charge in [0.1, 0.15) is 0 Å². The zero-order valence-corrected chi connectivity index (χ0v) is 14.7. The van der Waals surface area contributed by atoms with E-state index in [9.17, 15) is 0 Å². The Morgan fingerprint density at radius 3 is 2.39 bits per heavy atom. The smallest absolute Gasteiger partial charge is 0.203 e. The maximum atomic E-state index is 6.08. The Hall–Kier alpha value is -1.59. The van der Waals surface area contributed by atoms with Crippen LogP contribution in [0.2, 0.25) is 15.1 Å². The van der Waals surface area contributed by atoms with E-state index in [1.807, 2.05) is 29.6 Å². The molecule has 0 saturated heterocycles. The highest BCUT2D eigenvalue weighted by Gasteiger charge is 2.05. The van der Waals surface area contributed by atoms with E-state index >= 15 is 0 Å². The number of thiazole rings is 1. The van der Waals surface area contributed by atoms with Crippen molar-refractivity contribution in [2.75, 3.05) is 5.43 Å². The molecule has 0 amide bonds. The third-order valence-electron chi connectivity index (χ3n) is 3.00. The Morgan fingerprint density at radius 1 is 1.00 bits per heavy atom. The number of nitrogens with one attached hydrogen (secondary N) is 1. The van der Waals surface area contributed by atoms with Crippen molar-refractivity contribution in [3.05, 3.63) is 68.5 Å². The van der Waals surface area contributed by atoms with E-state index in [4.69, 9.17) is 34.8 Å². The summed E-state index contributed by atoms with van der Waals surface area (Å²) < 4.78 is 0. The first-order valence-electron chi connectivity index (χ1n) is 6.58. The summed E-state index contributed by atoms with van der Waals surface area (Å²) in [6, 6.07) is 12.8. The highest BCUT2D eigenvalue weighted by molar-refractivity contribution is 7.14. The van der Waals surface area contributed by atoms with Crippen molar-refractivity contribution in [2.24, 2.45) is 5.10 Å². The molecule has 0 atom stereocenters. The van der Waals surface area contributed by atoms with Crippen LogP contribution in [0.4, 0.5) is 5.13 Å². The number of hydrogen-bond donors (Lipinski definition) is 1. The Bertz CT molecular complexity index is 824. The molecule has 0 fully saturated rings. The minimum absolute atomic E-state index is 0.545. The normalized spacial score (nSPS) is 11.1. The van der Waals surface area contributed by atoms with Crippen LogP contribution in [0.3, 0.4) is 0 Å². The Morgan fingerprint density at radius 2 is 1.70 bits per heavy atom. The molecule has 3 aromatic rings. The van der Waals surface area contributed by atoms with Gasteiger partial charge in [-0.25, -0.2) is 4.98 Å². The summed E-state index contributed by atoms with van der Waals surface area (Å²) in [5.41, 5.74) is 5.41. The molecule has 7 heteroatoms. The van der Waals surface area contributed by atoms with Crippen molar-refractivity contribution >= 4 is 57.5 Å². The standard InChI is InChI=1S/C16H10Cl3N3S/c17-11-6-4-10(5-7-11)15-9-23-16(21-15)22-20-8-12-13(18)2-1-3-14(12)19/h1-9H,(H,21,22)/b20-8+. The van der Waals surface area contributed by atoms with Crippen molar-refractivity contribution in [3.8, 4) is 11.3 Å². The molecular formula is C16H10Cl3N3S. The van der Waals surface area contributed by atoms with Crippen LogP contribution in [0.5, 0.6) is 0 Å². The van der Waals surface area contributed by atoms with Gasteiger partial charge in [-0.15, -0.1) is 11.3 Å². The molecular weight excluding hydrogens is 373 g/mol. The zero-order chi connectivity index (χ0) is 16.2. The summed E-state index contributed by atoms with van der Waals surface area (Å²) in [6.07, 6.45) is 1.58. The lowest BCUT2D eigenvalue weighted by atomic mass is 10.2. The van der Waals surface area contributed by atoms with Crippen LogP contribution >= 0.6 is 46.1 Å². The van der Waals surface area contributed by atoms with E-state index in [1.165, 1.54) is 11.3 Å². The van der Waals surface area contributed by atoms with Crippen LogP contribution in [-0.4, -0.2) is 11.2 Å². The maximum absolute atomic E-state index is 6.08. The Kier molecular flexibility index (Phi) is 5.18. The molecule has 0 aliphatic carbocycles. The van der Waals surface area contributed by atoms with Crippen LogP contribution < -0.4 is 5.43 Å². The number of benzene rings is 2. The summed E-state index contributed by atoms with van der Waals surface area (Å²) in [6.45, 7) is 0. The van der Waals surface area contributed by atoms with Crippen molar-refractivity contribution < 1.29 is 0 Å². The van der Waals surface area contributed by atoms with E-state index in [0.29, 0.717) is 25.8 Å². The molecule has 0 unspecified atom stereocenters. The van der Waals surface area contributed by atoms with Crippen molar-refractivity contribution in [3.63, 3.8) is 0 Å². The van der Waals surface area contributed by atoms with Crippen molar-refractivity contribution in [2.45, 2.75) is 0 Å². The van der Waals surface area contributed by atoms with Crippen molar-refractivity contribution in [1.29, 1.82) is 0 Å². The first-order chi connectivity index (χ1) is 11.1. The number of rotatable bonds is 4. The zero-order valence-electron chi connectivity index (χ0n) is 11.6. The van der Waals surface area contributed by atoms with E-state index in [0.717, 1.165) is 11.3 Å². The molecule has 3 nitrogen and oxygen atoms in total. The molecule has 23 heavy (non-hydrogen) atoms. The van der Waals surface area contributed by atoms with Crippen LogP contribution in [0.15, 0.2) is 52.9 Å². The number of anilines is 1. The lowest BCUT2D eigenvalue weighted by molar-refractivity contribution is 1.29. The second kappa shape index (κ2) is 7.32. The van der Waals surface area contributed by atoms with Crippen LogP contribution in [0.25, 0.3) is 11.3 Å². The van der Waals surface area contributed by atoms with E-state index < -0.39 is 0 Å². The predicted octanol–water partition coefficient (Wildman–Crippen LogP) is 6.22. The number of halogens is 3. The molecule has 0 bridgehead atoms. The minimum atomic E-state index is 0.545. The fourth-order valence-electron chi connectivity index (χ4n) is 1.86. The Balaban J connectivity index is 1.72. The number of hydrogen-bond acceptors (Lipinski definition) is 4. The summed E-state index contributed by atoms with van der Waals surface area (Å²) in [4.78, 5) is 4.47. The van der Waals surface area contributed by atoms with Gasteiger partial charge in [-0.2, -0.15) is 5.10 Å². The SMILES string of the molecule is Clc1ccc(-c2csc(N/N=C/c3c(Cl)cccc3Cl)n2)cc1. The molecule has 1 N–H and O–H groups in total. The first kappa shape index (κ1) is 16.3. The molecule has 3 rings (SSSR count). The van der Waals surface area contributed by atoms with Crippen molar-refractivity contribution in [1.82, 2.24) is 4.98 Å². The second-order valence-electron chi connectivity index (χ2n) is 4.55. The van der Waals surface area contributed by atoms with Gasteiger partial charge in [-0.3, -0.25) is 5.43 Å². The van der Waals surface area contributed by atoms with Gasteiger partial charge in [0.15, 0.2) is 0 Å². The van der Waals surface area contributed by atoms with Gasteiger partial charge >= 0.3 is 0 Å². The summed E-state index contributed by atoms with van der Waals surface area (Å²) in [7, 11) is 0. The van der Waals surface area contributed by atoms with E-state index in [-0.39, 0.29) is 0 Å². The first-order valence-corrected chi connectivity index (χ1v) is 8.59. The average molecular weight is 383 g/mol. The molecule has 0 aliphatic rings. The fourth-order valence-corrected chi connectivity index (χ4v) is 3.15. The maximum Gasteiger partial charge on any atom is 0.203 e. The highest BCUT2D eigenvalue weighted by Crippen LogP contribution is 2.26. The van der Waals surface area contributed by atoms with Crippen LogP contribution in [0.1, 0.15) is 5.56 Å². The fraction of sp³-hybridized carbons (Fsp3) is 0.